The van der Waals surface area contributed by atoms with Crippen molar-refractivity contribution in [1.82, 2.24) is 15.0 Å². The number of para-hydroxylation sites is 1. The fourth-order valence-electron chi connectivity index (χ4n) is 8.09. The van der Waals surface area contributed by atoms with Gasteiger partial charge in [0.25, 0.3) is 0 Å². The summed E-state index contributed by atoms with van der Waals surface area (Å²) >= 11 is 0. The molecule has 3 heterocycles. The third-order valence-corrected chi connectivity index (χ3v) is 10.9. The Balaban J connectivity index is 1.02. The second kappa shape index (κ2) is 13.6. The van der Waals surface area contributed by atoms with Crippen LogP contribution < -0.4 is 0 Å². The van der Waals surface area contributed by atoms with Gasteiger partial charge in [0, 0.05) is 49.2 Å². The van der Waals surface area contributed by atoms with Gasteiger partial charge in [0.05, 0.1) is 22.6 Å². The highest BCUT2D eigenvalue weighted by molar-refractivity contribution is 6.28. The van der Waals surface area contributed by atoms with Gasteiger partial charge >= 0.3 is 0 Å². The number of rotatable bonds is 6. The minimum absolute atomic E-state index is 0.694. The van der Waals surface area contributed by atoms with Crippen LogP contribution in [0.25, 0.3) is 111 Å². The predicted octanol–water partition coefficient (Wildman–Crippen LogP) is 14.1. The van der Waals surface area contributed by atoms with E-state index in [1.807, 2.05) is 30.3 Å². The van der Waals surface area contributed by atoms with Crippen LogP contribution in [0.3, 0.4) is 0 Å². The molecule has 57 heavy (non-hydrogen) atoms. The van der Waals surface area contributed by atoms with Crippen molar-refractivity contribution in [3.63, 3.8) is 0 Å². The molecule has 0 N–H and O–H groups in total. The van der Waals surface area contributed by atoms with Crippen molar-refractivity contribution in [2.75, 3.05) is 0 Å². The van der Waals surface area contributed by atoms with Gasteiger partial charge in [-0.05, 0) is 64.7 Å². The average Bonchev–Trinajstić information content (AvgIpc) is 3.68. The summed E-state index contributed by atoms with van der Waals surface area (Å²) in [6, 6.07) is 69.6. The monoisotopic (exact) mass is 727 g/mol. The van der Waals surface area contributed by atoms with E-state index in [-0.39, 0.29) is 0 Å². The lowest BCUT2D eigenvalue weighted by Gasteiger charge is -2.11. The van der Waals surface area contributed by atoms with Crippen molar-refractivity contribution in [1.29, 1.82) is 0 Å². The molecule has 0 bridgehead atoms. The van der Waals surface area contributed by atoms with Gasteiger partial charge in [0.1, 0.15) is 11.2 Å². The molecule has 0 saturated carbocycles. The molecule has 8 aromatic carbocycles. The predicted molar refractivity (Wildman–Crippen MR) is 235 cm³/mol. The minimum atomic E-state index is 0.694. The smallest absolute Gasteiger partial charge is 0.160 e. The second-order valence-corrected chi connectivity index (χ2v) is 14.4. The Morgan fingerprint density at radius 2 is 0.860 bits per heavy atom. The number of aromatic nitrogens is 3. The fraction of sp³-hybridized carbons (Fsp3) is 0. The van der Waals surface area contributed by atoms with Gasteiger partial charge in [-0.15, -0.1) is 0 Å². The van der Waals surface area contributed by atoms with Crippen LogP contribution in [-0.4, -0.2) is 15.0 Å². The first-order valence-electron chi connectivity index (χ1n) is 19.2. The van der Waals surface area contributed by atoms with Crippen LogP contribution in [0, 0.1) is 0 Å². The number of hydrogen-bond acceptors (Lipinski definition) is 4. The summed E-state index contributed by atoms with van der Waals surface area (Å²) in [6.45, 7) is 0. The fourth-order valence-corrected chi connectivity index (χ4v) is 8.09. The average molecular weight is 728 g/mol. The van der Waals surface area contributed by atoms with Gasteiger partial charge in [0.15, 0.2) is 5.82 Å². The molecule has 0 aliphatic rings. The lowest BCUT2D eigenvalue weighted by atomic mass is 9.95. The summed E-state index contributed by atoms with van der Waals surface area (Å²) in [6.07, 6.45) is 0. The first kappa shape index (κ1) is 32.7. The first-order valence-corrected chi connectivity index (χ1v) is 19.2. The van der Waals surface area contributed by atoms with E-state index in [2.05, 4.69) is 170 Å². The van der Waals surface area contributed by atoms with E-state index in [0.717, 1.165) is 99.6 Å². The Hall–Kier alpha value is -7.69. The maximum Gasteiger partial charge on any atom is 0.160 e. The van der Waals surface area contributed by atoms with Crippen molar-refractivity contribution < 1.29 is 4.42 Å². The quantitative estimate of drug-likeness (QED) is 0.160. The van der Waals surface area contributed by atoms with Crippen LogP contribution in [0.2, 0.25) is 0 Å². The Kier molecular flexibility index (Phi) is 7.78. The standard InChI is InChI=1S/C53H33N3O/c1-4-13-34(14-5-1)39-19-12-20-41(31-39)47-33-46(55-53(56-47)38-17-8-3-9-18-38)36-25-23-35(24-26-36)40-27-29-48-44(32-40)51-49(57-48)30-28-43-50(51)42-21-10-11-22-45(42)54-52(43)37-15-6-2-7-16-37/h1-33H. The van der Waals surface area contributed by atoms with Gasteiger partial charge in [0.2, 0.25) is 0 Å². The minimum Gasteiger partial charge on any atom is -0.456 e. The zero-order valence-electron chi connectivity index (χ0n) is 30.8. The molecule has 0 fully saturated rings. The molecule has 0 aliphatic heterocycles. The number of fused-ring (bicyclic) bond motifs is 7. The summed E-state index contributed by atoms with van der Waals surface area (Å²) in [7, 11) is 0. The van der Waals surface area contributed by atoms with Crippen molar-refractivity contribution in [2.24, 2.45) is 0 Å². The molecule has 0 aliphatic carbocycles. The number of nitrogens with zero attached hydrogens (tertiary/aromatic N) is 3. The molecule has 0 saturated heterocycles. The zero-order chi connectivity index (χ0) is 37.7. The van der Waals surface area contributed by atoms with E-state index in [4.69, 9.17) is 19.4 Å². The van der Waals surface area contributed by atoms with Crippen LogP contribution in [0.4, 0.5) is 0 Å². The molecule has 11 aromatic rings. The normalized spacial score (nSPS) is 11.5. The van der Waals surface area contributed by atoms with E-state index >= 15 is 0 Å². The summed E-state index contributed by atoms with van der Waals surface area (Å²) in [5, 5.41) is 5.57. The molecule has 0 unspecified atom stereocenters. The van der Waals surface area contributed by atoms with E-state index in [1.165, 1.54) is 5.56 Å². The van der Waals surface area contributed by atoms with Crippen LogP contribution in [0.5, 0.6) is 0 Å². The molecule has 0 atom stereocenters. The SMILES string of the molecule is c1ccc(-c2cccc(-c3cc(-c4ccc(-c5ccc6oc7ccc8c(-c9ccccc9)nc9ccccc9c8c7c6c5)cc4)nc(-c4ccccc4)n3)c2)cc1. The van der Waals surface area contributed by atoms with Crippen molar-refractivity contribution in [2.45, 2.75) is 0 Å². The number of pyridine rings is 1. The number of benzene rings is 8. The molecule has 11 rings (SSSR count). The lowest BCUT2D eigenvalue weighted by molar-refractivity contribution is 0.669. The Morgan fingerprint density at radius 3 is 1.63 bits per heavy atom. The largest absolute Gasteiger partial charge is 0.456 e. The second-order valence-electron chi connectivity index (χ2n) is 14.4. The van der Waals surface area contributed by atoms with Crippen LogP contribution in [-0.2, 0) is 0 Å². The highest BCUT2D eigenvalue weighted by Crippen LogP contribution is 2.42. The summed E-state index contributed by atoms with van der Waals surface area (Å²) in [5.74, 6) is 0.694. The molecular weight excluding hydrogens is 695 g/mol. The maximum atomic E-state index is 6.52. The lowest BCUT2D eigenvalue weighted by Crippen LogP contribution is -1.96. The van der Waals surface area contributed by atoms with Crippen LogP contribution in [0.1, 0.15) is 0 Å². The zero-order valence-corrected chi connectivity index (χ0v) is 30.8. The van der Waals surface area contributed by atoms with Crippen molar-refractivity contribution >= 4 is 43.6 Å². The Bertz CT molecular complexity index is 3260. The maximum absolute atomic E-state index is 6.52. The van der Waals surface area contributed by atoms with Crippen molar-refractivity contribution in [3.8, 4) is 67.4 Å². The van der Waals surface area contributed by atoms with E-state index in [0.29, 0.717) is 5.82 Å². The highest BCUT2D eigenvalue weighted by Gasteiger charge is 2.18. The van der Waals surface area contributed by atoms with Gasteiger partial charge in [-0.3, -0.25) is 0 Å². The molecule has 0 spiro atoms. The molecule has 0 radical (unpaired) electrons. The van der Waals surface area contributed by atoms with Crippen LogP contribution >= 0.6 is 0 Å². The van der Waals surface area contributed by atoms with Gasteiger partial charge < -0.3 is 4.42 Å². The molecule has 266 valence electrons. The molecular formula is C53H33N3O. The van der Waals surface area contributed by atoms with Crippen molar-refractivity contribution in [3.05, 3.63) is 200 Å². The molecule has 3 aromatic heterocycles. The molecule has 4 nitrogen and oxygen atoms in total. The first-order chi connectivity index (χ1) is 28.2. The molecule has 0 amide bonds. The summed E-state index contributed by atoms with van der Waals surface area (Å²) < 4.78 is 6.52. The van der Waals surface area contributed by atoms with Gasteiger partial charge in [-0.1, -0.05) is 158 Å². The van der Waals surface area contributed by atoms with Gasteiger partial charge in [-0.2, -0.15) is 0 Å². The van der Waals surface area contributed by atoms with Crippen LogP contribution in [0.15, 0.2) is 205 Å². The summed E-state index contributed by atoms with van der Waals surface area (Å²) in [5.41, 5.74) is 14.1. The topological polar surface area (TPSA) is 51.8 Å². The Morgan fingerprint density at radius 1 is 0.298 bits per heavy atom. The van der Waals surface area contributed by atoms with Gasteiger partial charge in [-0.25, -0.2) is 15.0 Å². The third-order valence-electron chi connectivity index (χ3n) is 10.9. The Labute approximate surface area is 329 Å². The third kappa shape index (κ3) is 5.83. The number of hydrogen-bond donors (Lipinski definition) is 0. The van der Waals surface area contributed by atoms with E-state index < -0.39 is 0 Å². The number of furan rings is 1. The highest BCUT2D eigenvalue weighted by atomic mass is 16.3. The molecule has 4 heteroatoms. The van der Waals surface area contributed by atoms with E-state index in [9.17, 15) is 0 Å². The van der Waals surface area contributed by atoms with E-state index in [1.54, 1.807) is 0 Å². The summed E-state index contributed by atoms with van der Waals surface area (Å²) in [4.78, 5) is 15.4.